The second kappa shape index (κ2) is 3.74. The van der Waals surface area contributed by atoms with Crippen LogP contribution in [0.25, 0.3) is 10.2 Å². The van der Waals surface area contributed by atoms with E-state index >= 15 is 0 Å². The van der Waals surface area contributed by atoms with Gasteiger partial charge in [-0.25, -0.2) is 4.98 Å². The first kappa shape index (κ1) is 9.12. The van der Waals surface area contributed by atoms with Crippen LogP contribution in [0, 0.1) is 0 Å². The average molecular weight is 258 g/mol. The highest BCUT2D eigenvalue weighted by atomic mass is 79.9. The maximum atomic E-state index is 8.76. The molecule has 4 heteroatoms. The van der Waals surface area contributed by atoms with Gasteiger partial charge in [0, 0.05) is 17.5 Å². The number of aromatic nitrogens is 1. The predicted octanol–water partition coefficient (Wildman–Crippen LogP) is 2.59. The molecule has 0 aliphatic carbocycles. The van der Waals surface area contributed by atoms with Crippen molar-refractivity contribution in [2.75, 3.05) is 6.61 Å². The number of benzene rings is 1. The van der Waals surface area contributed by atoms with E-state index in [0.717, 1.165) is 19.7 Å². The number of thiazole rings is 1. The molecule has 2 aromatic rings. The summed E-state index contributed by atoms with van der Waals surface area (Å²) >= 11 is 5.05. The molecule has 0 radical (unpaired) electrons. The molecule has 0 spiro atoms. The van der Waals surface area contributed by atoms with Crippen LogP contribution in [-0.2, 0) is 6.42 Å². The number of aliphatic hydroxyl groups excluding tert-OH is 1. The van der Waals surface area contributed by atoms with Gasteiger partial charge in [0.1, 0.15) is 0 Å². The third-order valence-electron chi connectivity index (χ3n) is 1.72. The number of halogens is 1. The van der Waals surface area contributed by atoms with Gasteiger partial charge in [-0.3, -0.25) is 0 Å². The third kappa shape index (κ3) is 1.90. The molecule has 0 aliphatic heterocycles. The molecule has 0 bridgehead atoms. The van der Waals surface area contributed by atoms with E-state index in [1.165, 1.54) is 0 Å². The van der Waals surface area contributed by atoms with Crippen LogP contribution in [0.3, 0.4) is 0 Å². The zero-order valence-corrected chi connectivity index (χ0v) is 9.23. The lowest BCUT2D eigenvalue weighted by atomic mass is 10.3. The zero-order valence-electron chi connectivity index (χ0n) is 6.83. The van der Waals surface area contributed by atoms with Gasteiger partial charge in [0.05, 0.1) is 15.2 Å². The molecule has 0 saturated heterocycles. The van der Waals surface area contributed by atoms with Gasteiger partial charge in [0.2, 0.25) is 0 Å². The lowest BCUT2D eigenvalue weighted by Crippen LogP contribution is -1.87. The molecule has 0 aliphatic rings. The molecule has 68 valence electrons. The highest BCUT2D eigenvalue weighted by Gasteiger charge is 2.02. The Hall–Kier alpha value is -0.450. The largest absolute Gasteiger partial charge is 0.396 e. The second-order valence-corrected chi connectivity index (χ2v) is 4.72. The molecule has 0 saturated carbocycles. The van der Waals surface area contributed by atoms with Crippen molar-refractivity contribution in [3.63, 3.8) is 0 Å². The lowest BCUT2D eigenvalue weighted by molar-refractivity contribution is 0.299. The zero-order chi connectivity index (χ0) is 9.26. The number of fused-ring (bicyclic) bond motifs is 1. The van der Waals surface area contributed by atoms with Gasteiger partial charge in [-0.1, -0.05) is 15.9 Å². The van der Waals surface area contributed by atoms with E-state index in [2.05, 4.69) is 20.9 Å². The molecule has 0 amide bonds. The Labute approximate surface area is 88.4 Å². The highest BCUT2D eigenvalue weighted by Crippen LogP contribution is 2.25. The van der Waals surface area contributed by atoms with Gasteiger partial charge < -0.3 is 5.11 Å². The minimum atomic E-state index is 0.168. The summed E-state index contributed by atoms with van der Waals surface area (Å²) in [5.41, 5.74) is 1.01. The third-order valence-corrected chi connectivity index (χ3v) is 3.29. The monoisotopic (exact) mass is 257 g/mol. The Morgan fingerprint density at radius 1 is 1.46 bits per heavy atom. The van der Waals surface area contributed by atoms with Crippen LogP contribution in [0.5, 0.6) is 0 Å². The SMILES string of the molecule is OCCc1nc2ccc(Br)cc2s1. The van der Waals surface area contributed by atoms with Crippen molar-refractivity contribution >= 4 is 37.5 Å². The summed E-state index contributed by atoms with van der Waals surface area (Å²) in [4.78, 5) is 4.38. The van der Waals surface area contributed by atoms with E-state index in [0.29, 0.717) is 6.42 Å². The van der Waals surface area contributed by atoms with Gasteiger partial charge in [-0.05, 0) is 18.2 Å². The van der Waals surface area contributed by atoms with Gasteiger partial charge in [0.15, 0.2) is 0 Å². The minimum Gasteiger partial charge on any atom is -0.396 e. The van der Waals surface area contributed by atoms with Crippen molar-refractivity contribution in [1.82, 2.24) is 4.98 Å². The van der Waals surface area contributed by atoms with E-state index in [4.69, 9.17) is 5.11 Å². The van der Waals surface area contributed by atoms with Crippen LogP contribution in [0.1, 0.15) is 5.01 Å². The first-order valence-electron chi connectivity index (χ1n) is 3.95. The van der Waals surface area contributed by atoms with E-state index in [1.807, 2.05) is 18.2 Å². The molecule has 2 nitrogen and oxygen atoms in total. The van der Waals surface area contributed by atoms with Crippen LogP contribution in [0.2, 0.25) is 0 Å². The van der Waals surface area contributed by atoms with Crippen LogP contribution in [0.4, 0.5) is 0 Å². The van der Waals surface area contributed by atoms with Crippen molar-refractivity contribution < 1.29 is 5.11 Å². The quantitative estimate of drug-likeness (QED) is 0.898. The van der Waals surface area contributed by atoms with E-state index in [9.17, 15) is 0 Å². The normalized spacial score (nSPS) is 10.9. The average Bonchev–Trinajstić information content (AvgIpc) is 2.46. The van der Waals surface area contributed by atoms with Gasteiger partial charge >= 0.3 is 0 Å². The van der Waals surface area contributed by atoms with Gasteiger partial charge in [-0.15, -0.1) is 11.3 Å². The Kier molecular flexibility index (Phi) is 2.62. The van der Waals surface area contributed by atoms with Crippen LogP contribution < -0.4 is 0 Å². The van der Waals surface area contributed by atoms with Crippen molar-refractivity contribution in [2.24, 2.45) is 0 Å². The number of nitrogens with zero attached hydrogens (tertiary/aromatic N) is 1. The summed E-state index contributed by atoms with van der Waals surface area (Å²) in [6, 6.07) is 6.01. The Morgan fingerprint density at radius 2 is 2.31 bits per heavy atom. The summed E-state index contributed by atoms with van der Waals surface area (Å²) in [6.07, 6.45) is 0.650. The van der Waals surface area contributed by atoms with Crippen LogP contribution in [-0.4, -0.2) is 16.7 Å². The summed E-state index contributed by atoms with van der Waals surface area (Å²) < 4.78 is 2.23. The molecule has 1 heterocycles. The maximum Gasteiger partial charge on any atom is 0.0961 e. The molecule has 13 heavy (non-hydrogen) atoms. The summed E-state index contributed by atoms with van der Waals surface area (Å²) in [7, 11) is 0. The molecule has 1 aromatic heterocycles. The number of hydrogen-bond acceptors (Lipinski definition) is 3. The minimum absolute atomic E-state index is 0.168. The fourth-order valence-corrected chi connectivity index (χ4v) is 2.66. The topological polar surface area (TPSA) is 33.1 Å². The predicted molar refractivity (Wildman–Crippen MR) is 58.1 cm³/mol. The lowest BCUT2D eigenvalue weighted by Gasteiger charge is -1.87. The van der Waals surface area contributed by atoms with E-state index in [-0.39, 0.29) is 6.61 Å². The smallest absolute Gasteiger partial charge is 0.0961 e. The highest BCUT2D eigenvalue weighted by molar-refractivity contribution is 9.10. The van der Waals surface area contributed by atoms with E-state index in [1.54, 1.807) is 11.3 Å². The maximum absolute atomic E-state index is 8.76. The van der Waals surface area contributed by atoms with Gasteiger partial charge in [-0.2, -0.15) is 0 Å². The second-order valence-electron chi connectivity index (χ2n) is 2.69. The molecule has 2 rings (SSSR count). The summed E-state index contributed by atoms with van der Waals surface area (Å²) in [5, 5.41) is 9.75. The Morgan fingerprint density at radius 3 is 3.08 bits per heavy atom. The van der Waals surface area contributed by atoms with Crippen molar-refractivity contribution in [2.45, 2.75) is 6.42 Å². The summed E-state index contributed by atoms with van der Waals surface area (Å²) in [5.74, 6) is 0. The Balaban J connectivity index is 2.49. The van der Waals surface area contributed by atoms with Crippen molar-refractivity contribution in [1.29, 1.82) is 0 Å². The first-order chi connectivity index (χ1) is 6.29. The number of hydrogen-bond donors (Lipinski definition) is 1. The summed E-state index contributed by atoms with van der Waals surface area (Å²) in [6.45, 7) is 0.168. The van der Waals surface area contributed by atoms with Crippen LogP contribution >= 0.6 is 27.3 Å². The van der Waals surface area contributed by atoms with Gasteiger partial charge in [0.25, 0.3) is 0 Å². The fourth-order valence-electron chi connectivity index (χ4n) is 1.15. The van der Waals surface area contributed by atoms with Crippen molar-refractivity contribution in [3.05, 3.63) is 27.7 Å². The molecule has 1 aromatic carbocycles. The first-order valence-corrected chi connectivity index (χ1v) is 5.56. The van der Waals surface area contributed by atoms with Crippen molar-refractivity contribution in [3.8, 4) is 0 Å². The van der Waals surface area contributed by atoms with E-state index < -0.39 is 0 Å². The number of aliphatic hydroxyl groups is 1. The standard InChI is InChI=1S/C9H8BrNOS/c10-6-1-2-7-8(5-6)13-9(11-7)3-4-12/h1-2,5,12H,3-4H2. The Bertz CT molecular complexity index is 426. The molecular weight excluding hydrogens is 250 g/mol. The molecule has 0 unspecified atom stereocenters. The molecular formula is C9H8BrNOS. The van der Waals surface area contributed by atoms with Crippen LogP contribution in [0.15, 0.2) is 22.7 Å². The molecule has 1 N–H and O–H groups in total. The molecule has 0 atom stereocenters. The number of rotatable bonds is 2. The fraction of sp³-hybridized carbons (Fsp3) is 0.222. The molecule has 0 fully saturated rings.